The molecule has 2 aromatic rings. The lowest BCUT2D eigenvalue weighted by molar-refractivity contribution is -0.688. The van der Waals surface area contributed by atoms with Gasteiger partial charge in [-0.2, -0.15) is 9.83 Å². The maximum absolute atomic E-state index is 8.82. The minimum atomic E-state index is 0.550. The minimum absolute atomic E-state index is 0.550. The van der Waals surface area contributed by atoms with Gasteiger partial charge in [-0.15, -0.1) is 0 Å². The van der Waals surface area contributed by atoms with Gasteiger partial charge in [0.2, 0.25) is 0 Å². The van der Waals surface area contributed by atoms with Crippen LogP contribution in [0.15, 0.2) is 42.7 Å². The summed E-state index contributed by atoms with van der Waals surface area (Å²) in [4.78, 5) is 0. The van der Waals surface area contributed by atoms with E-state index in [1.54, 1.807) is 24.4 Å². The third kappa shape index (κ3) is 2.76. The first-order valence-corrected chi connectivity index (χ1v) is 5.78. The molecule has 0 amide bonds. The highest BCUT2D eigenvalue weighted by Crippen LogP contribution is 2.23. The molecule has 0 aliphatic heterocycles. The maximum atomic E-state index is 8.82. The number of halogens is 2. The summed E-state index contributed by atoms with van der Waals surface area (Å²) >= 11 is 12.2. The molecule has 0 fully saturated rings. The van der Waals surface area contributed by atoms with E-state index in [4.69, 9.17) is 28.5 Å². The van der Waals surface area contributed by atoms with Gasteiger partial charge in [0.05, 0.1) is 15.6 Å². The fraction of sp³-hybridized carbons (Fsp3) is 0.0769. The smallest absolute Gasteiger partial charge is 0.186 e. The van der Waals surface area contributed by atoms with Crippen molar-refractivity contribution in [3.8, 4) is 6.07 Å². The molecular formula is C13H9Cl2N2+. The molecule has 0 atom stereocenters. The second-order valence-electron chi connectivity index (χ2n) is 3.58. The molecule has 0 bridgehead atoms. The number of nitriles is 1. The van der Waals surface area contributed by atoms with Crippen molar-refractivity contribution in [3.05, 3.63) is 63.9 Å². The summed E-state index contributed by atoms with van der Waals surface area (Å²) in [6.45, 7) is 0.550. The molecule has 2 rings (SSSR count). The fourth-order valence-electron chi connectivity index (χ4n) is 1.55. The first-order valence-electron chi connectivity index (χ1n) is 5.03. The van der Waals surface area contributed by atoms with E-state index in [1.165, 1.54) is 0 Å². The van der Waals surface area contributed by atoms with Crippen molar-refractivity contribution >= 4 is 23.2 Å². The van der Waals surface area contributed by atoms with Gasteiger partial charge < -0.3 is 0 Å². The molecule has 84 valence electrons. The average Bonchev–Trinajstić information content (AvgIpc) is 2.34. The zero-order valence-corrected chi connectivity index (χ0v) is 10.4. The van der Waals surface area contributed by atoms with Crippen molar-refractivity contribution in [2.24, 2.45) is 0 Å². The van der Waals surface area contributed by atoms with Gasteiger partial charge in [-0.25, -0.2) is 0 Å². The maximum Gasteiger partial charge on any atom is 0.186 e. The van der Waals surface area contributed by atoms with Crippen LogP contribution in [0.25, 0.3) is 0 Å². The topological polar surface area (TPSA) is 27.7 Å². The molecule has 0 saturated heterocycles. The average molecular weight is 264 g/mol. The van der Waals surface area contributed by atoms with Crippen LogP contribution in [0, 0.1) is 11.3 Å². The lowest BCUT2D eigenvalue weighted by Gasteiger charge is -2.03. The molecule has 0 radical (unpaired) electrons. The molecule has 17 heavy (non-hydrogen) atoms. The predicted molar refractivity (Wildman–Crippen MR) is 66.9 cm³/mol. The molecule has 0 unspecified atom stereocenters. The van der Waals surface area contributed by atoms with Crippen molar-refractivity contribution in [3.63, 3.8) is 0 Å². The van der Waals surface area contributed by atoms with E-state index in [0.717, 1.165) is 5.56 Å². The fourth-order valence-corrected chi connectivity index (χ4v) is 2.07. The van der Waals surface area contributed by atoms with Crippen LogP contribution in [0.2, 0.25) is 10.0 Å². The van der Waals surface area contributed by atoms with Gasteiger partial charge in [0, 0.05) is 6.07 Å². The molecule has 1 aromatic carbocycles. The summed E-state index contributed by atoms with van der Waals surface area (Å²) in [6, 6.07) is 11.1. The van der Waals surface area contributed by atoms with Crippen LogP contribution >= 0.6 is 23.2 Å². The molecule has 0 spiro atoms. The highest BCUT2D eigenvalue weighted by atomic mass is 35.5. The van der Waals surface area contributed by atoms with Crippen molar-refractivity contribution in [2.75, 3.05) is 0 Å². The van der Waals surface area contributed by atoms with Gasteiger partial charge in [0.25, 0.3) is 0 Å². The summed E-state index contributed by atoms with van der Waals surface area (Å²) in [6.07, 6.45) is 3.64. The molecule has 0 N–H and O–H groups in total. The van der Waals surface area contributed by atoms with Gasteiger partial charge in [0.1, 0.15) is 11.6 Å². The lowest BCUT2D eigenvalue weighted by Crippen LogP contribution is -2.33. The Morgan fingerprint density at radius 3 is 2.47 bits per heavy atom. The van der Waals surface area contributed by atoms with Crippen LogP contribution in [0.3, 0.4) is 0 Å². The Balaban J connectivity index is 2.35. The Kier molecular flexibility index (Phi) is 3.63. The summed E-state index contributed by atoms with van der Waals surface area (Å²) in [5.41, 5.74) is 1.46. The van der Waals surface area contributed by atoms with Crippen LogP contribution < -0.4 is 4.57 Å². The number of hydrogen-bond donors (Lipinski definition) is 0. The summed E-state index contributed by atoms with van der Waals surface area (Å²) in [7, 11) is 0. The van der Waals surface area contributed by atoms with Crippen LogP contribution in [-0.4, -0.2) is 0 Å². The molecule has 0 aliphatic carbocycles. The SMILES string of the molecule is N#Cc1ccc[n+](Cc2c(Cl)cccc2Cl)c1. The van der Waals surface area contributed by atoms with Gasteiger partial charge in [-0.3, -0.25) is 0 Å². The predicted octanol–water partition coefficient (Wildman–Crippen LogP) is 3.20. The normalized spacial score (nSPS) is 9.94. The number of nitrogens with zero attached hydrogens (tertiary/aromatic N) is 2. The number of hydrogen-bond acceptors (Lipinski definition) is 1. The molecular weight excluding hydrogens is 255 g/mol. The van der Waals surface area contributed by atoms with E-state index < -0.39 is 0 Å². The van der Waals surface area contributed by atoms with Crippen LogP contribution in [0.5, 0.6) is 0 Å². The van der Waals surface area contributed by atoms with Crippen LogP contribution in [0.1, 0.15) is 11.1 Å². The van der Waals surface area contributed by atoms with E-state index in [1.807, 2.05) is 22.9 Å². The Labute approximate surface area is 110 Å². The highest BCUT2D eigenvalue weighted by Gasteiger charge is 2.11. The molecule has 2 nitrogen and oxygen atoms in total. The lowest BCUT2D eigenvalue weighted by atomic mass is 10.2. The molecule has 1 heterocycles. The summed E-state index contributed by atoms with van der Waals surface area (Å²) < 4.78 is 1.88. The summed E-state index contributed by atoms with van der Waals surface area (Å²) in [5.74, 6) is 0. The largest absolute Gasteiger partial charge is 0.199 e. The quantitative estimate of drug-likeness (QED) is 0.765. The minimum Gasteiger partial charge on any atom is -0.199 e. The second-order valence-corrected chi connectivity index (χ2v) is 4.39. The van der Waals surface area contributed by atoms with Gasteiger partial charge in [-0.05, 0) is 18.2 Å². The third-order valence-corrected chi connectivity index (χ3v) is 3.10. The van der Waals surface area contributed by atoms with Crippen LogP contribution in [0.4, 0.5) is 0 Å². The van der Waals surface area contributed by atoms with E-state index in [-0.39, 0.29) is 0 Å². The van der Waals surface area contributed by atoms with Crippen molar-refractivity contribution in [2.45, 2.75) is 6.54 Å². The van der Waals surface area contributed by atoms with Crippen molar-refractivity contribution in [1.29, 1.82) is 5.26 Å². The zero-order chi connectivity index (χ0) is 12.3. The first-order chi connectivity index (χ1) is 8.20. The number of pyridine rings is 1. The van der Waals surface area contributed by atoms with Gasteiger partial charge in [-0.1, -0.05) is 29.3 Å². The van der Waals surface area contributed by atoms with Crippen molar-refractivity contribution in [1.82, 2.24) is 0 Å². The molecule has 4 heteroatoms. The Hall–Kier alpha value is -1.56. The Bertz CT molecular complexity index is 568. The first kappa shape index (κ1) is 11.9. The Morgan fingerprint density at radius 1 is 1.12 bits per heavy atom. The van der Waals surface area contributed by atoms with E-state index in [9.17, 15) is 0 Å². The van der Waals surface area contributed by atoms with E-state index in [0.29, 0.717) is 22.2 Å². The van der Waals surface area contributed by atoms with Crippen LogP contribution in [-0.2, 0) is 6.54 Å². The number of aromatic nitrogens is 1. The number of benzene rings is 1. The van der Waals surface area contributed by atoms with E-state index >= 15 is 0 Å². The van der Waals surface area contributed by atoms with Gasteiger partial charge in [0.15, 0.2) is 18.9 Å². The van der Waals surface area contributed by atoms with E-state index in [2.05, 4.69) is 6.07 Å². The highest BCUT2D eigenvalue weighted by molar-refractivity contribution is 6.35. The standard InChI is InChI=1S/C13H9Cl2N2/c14-12-4-1-5-13(15)11(12)9-17-6-2-3-10(7-16)8-17/h1-6,8H,9H2/q+1. The molecule has 0 aliphatic rings. The second kappa shape index (κ2) is 5.18. The van der Waals surface area contributed by atoms with Crippen molar-refractivity contribution < 1.29 is 4.57 Å². The Morgan fingerprint density at radius 2 is 1.82 bits per heavy atom. The third-order valence-electron chi connectivity index (χ3n) is 2.39. The number of rotatable bonds is 2. The van der Waals surface area contributed by atoms with Gasteiger partial charge >= 0.3 is 0 Å². The molecule has 0 saturated carbocycles. The summed E-state index contributed by atoms with van der Waals surface area (Å²) in [5, 5.41) is 10.1. The zero-order valence-electron chi connectivity index (χ0n) is 8.90. The molecule has 1 aromatic heterocycles. The monoisotopic (exact) mass is 263 g/mol.